The Morgan fingerprint density at radius 3 is 2.30 bits per heavy atom. The van der Waals surface area contributed by atoms with Crippen LogP contribution in [0.3, 0.4) is 0 Å². The fraction of sp³-hybridized carbons (Fsp3) is 0.588. The second kappa shape index (κ2) is 5.31. The Balaban J connectivity index is 1.97. The fourth-order valence-electron chi connectivity index (χ4n) is 3.60. The van der Waals surface area contributed by atoms with Crippen LogP contribution in [0.4, 0.5) is 0 Å². The summed E-state index contributed by atoms with van der Waals surface area (Å²) in [7, 11) is -3.65. The minimum Gasteiger partial charge on any atom is -0.354 e. The molecule has 6 heteroatoms. The predicted molar refractivity (Wildman–Crippen MR) is 88.6 cm³/mol. The molecule has 1 amide bonds. The molecule has 5 nitrogen and oxygen atoms in total. The summed E-state index contributed by atoms with van der Waals surface area (Å²) >= 11 is 0. The van der Waals surface area contributed by atoms with Crippen LogP contribution in [0.5, 0.6) is 0 Å². The van der Waals surface area contributed by atoms with Gasteiger partial charge in [0.15, 0.2) is 0 Å². The van der Waals surface area contributed by atoms with Gasteiger partial charge in [-0.15, -0.1) is 0 Å². The average molecular weight is 336 g/mol. The topological polar surface area (TPSA) is 66.5 Å². The molecule has 0 saturated carbocycles. The second-order valence-electron chi connectivity index (χ2n) is 7.49. The molecule has 3 rings (SSSR count). The van der Waals surface area contributed by atoms with Gasteiger partial charge in [-0.1, -0.05) is 32.9 Å². The number of nitrogens with zero attached hydrogens (tertiary/aromatic N) is 1. The highest BCUT2D eigenvalue weighted by Crippen LogP contribution is 2.39. The molecule has 1 N–H and O–H groups in total. The van der Waals surface area contributed by atoms with Gasteiger partial charge < -0.3 is 5.32 Å². The number of hydrogen-bond acceptors (Lipinski definition) is 3. The quantitative estimate of drug-likeness (QED) is 0.898. The summed E-state index contributed by atoms with van der Waals surface area (Å²) in [4.78, 5) is 12.5. The van der Waals surface area contributed by atoms with E-state index in [1.807, 2.05) is 12.1 Å². The van der Waals surface area contributed by atoms with Gasteiger partial charge in [0, 0.05) is 13.1 Å². The number of amides is 1. The molecule has 0 radical (unpaired) electrons. The molecular formula is C17H24N2O3S. The van der Waals surface area contributed by atoms with E-state index in [1.165, 1.54) is 4.31 Å². The lowest BCUT2D eigenvalue weighted by atomic mass is 9.87. The summed E-state index contributed by atoms with van der Waals surface area (Å²) in [6, 6.07) is 7.05. The minimum atomic E-state index is -3.65. The van der Waals surface area contributed by atoms with Crippen molar-refractivity contribution in [2.75, 3.05) is 13.1 Å². The van der Waals surface area contributed by atoms with Crippen LogP contribution in [-0.4, -0.2) is 37.3 Å². The van der Waals surface area contributed by atoms with Gasteiger partial charge in [-0.25, -0.2) is 8.42 Å². The van der Waals surface area contributed by atoms with Crippen molar-refractivity contribution in [1.82, 2.24) is 9.62 Å². The molecule has 23 heavy (non-hydrogen) atoms. The molecule has 1 aromatic rings. The predicted octanol–water partition coefficient (Wildman–Crippen LogP) is 2.03. The molecule has 0 aliphatic carbocycles. The maximum atomic E-state index is 13.0. The molecule has 1 spiro atoms. The molecule has 126 valence electrons. The molecule has 2 aliphatic rings. The third-order valence-corrected chi connectivity index (χ3v) is 6.96. The molecule has 0 aromatic heterocycles. The molecule has 2 heterocycles. The Hall–Kier alpha value is -1.40. The summed E-state index contributed by atoms with van der Waals surface area (Å²) in [6.45, 7) is 7.24. The number of carbonyl (C=O) groups is 1. The Morgan fingerprint density at radius 2 is 1.78 bits per heavy atom. The van der Waals surface area contributed by atoms with Crippen LogP contribution in [-0.2, 0) is 20.2 Å². The number of nitrogens with one attached hydrogen (secondary N) is 1. The molecule has 2 saturated heterocycles. The van der Waals surface area contributed by atoms with Crippen LogP contribution >= 0.6 is 0 Å². The molecule has 0 bridgehead atoms. The lowest BCUT2D eigenvalue weighted by Crippen LogP contribution is -2.52. The monoisotopic (exact) mass is 336 g/mol. The Morgan fingerprint density at radius 1 is 1.13 bits per heavy atom. The van der Waals surface area contributed by atoms with E-state index < -0.39 is 15.6 Å². The third-order valence-electron chi connectivity index (χ3n) is 4.98. The summed E-state index contributed by atoms with van der Waals surface area (Å²) in [6.07, 6.45) is 1.90. The van der Waals surface area contributed by atoms with Crippen molar-refractivity contribution in [2.24, 2.45) is 0 Å². The maximum Gasteiger partial charge on any atom is 0.244 e. The first-order valence-corrected chi connectivity index (χ1v) is 9.54. The highest BCUT2D eigenvalue weighted by molar-refractivity contribution is 7.89. The Kier molecular flexibility index (Phi) is 3.80. The minimum absolute atomic E-state index is 0.0253. The largest absolute Gasteiger partial charge is 0.354 e. The summed E-state index contributed by atoms with van der Waals surface area (Å²) < 4.78 is 27.5. The van der Waals surface area contributed by atoms with E-state index in [2.05, 4.69) is 26.1 Å². The average Bonchev–Trinajstić information content (AvgIpc) is 3.07. The van der Waals surface area contributed by atoms with Crippen LogP contribution in [0.25, 0.3) is 0 Å². The van der Waals surface area contributed by atoms with Gasteiger partial charge in [0.05, 0.1) is 4.90 Å². The SMILES string of the molecule is CC(C)(C)c1ccc(S(=O)(=O)N2CCCC23CCNC3=O)cc1. The zero-order valence-electron chi connectivity index (χ0n) is 13.9. The van der Waals surface area contributed by atoms with E-state index in [0.29, 0.717) is 25.9 Å². The number of hydrogen-bond donors (Lipinski definition) is 1. The van der Waals surface area contributed by atoms with E-state index >= 15 is 0 Å². The van der Waals surface area contributed by atoms with E-state index in [1.54, 1.807) is 12.1 Å². The fourth-order valence-corrected chi connectivity index (χ4v) is 5.43. The number of sulfonamides is 1. The van der Waals surface area contributed by atoms with Crippen molar-refractivity contribution in [3.8, 4) is 0 Å². The van der Waals surface area contributed by atoms with Crippen LogP contribution in [0.2, 0.25) is 0 Å². The van der Waals surface area contributed by atoms with Crippen molar-refractivity contribution in [1.29, 1.82) is 0 Å². The number of carbonyl (C=O) groups excluding carboxylic acids is 1. The van der Waals surface area contributed by atoms with Crippen molar-refractivity contribution in [3.05, 3.63) is 29.8 Å². The molecule has 2 fully saturated rings. The van der Waals surface area contributed by atoms with Gasteiger partial charge >= 0.3 is 0 Å². The van der Waals surface area contributed by atoms with E-state index in [9.17, 15) is 13.2 Å². The number of rotatable bonds is 2. The van der Waals surface area contributed by atoms with Crippen LogP contribution in [0.1, 0.15) is 45.6 Å². The molecule has 1 aromatic carbocycles. The highest BCUT2D eigenvalue weighted by Gasteiger charge is 2.54. The van der Waals surface area contributed by atoms with Gasteiger partial charge in [-0.2, -0.15) is 4.31 Å². The Bertz CT molecular complexity index is 715. The van der Waals surface area contributed by atoms with E-state index in [4.69, 9.17) is 0 Å². The van der Waals surface area contributed by atoms with Crippen molar-refractivity contribution >= 4 is 15.9 Å². The van der Waals surface area contributed by atoms with Gasteiger partial charge in [-0.05, 0) is 42.4 Å². The second-order valence-corrected chi connectivity index (χ2v) is 9.35. The van der Waals surface area contributed by atoms with Gasteiger partial charge in [0.25, 0.3) is 0 Å². The summed E-state index contributed by atoms with van der Waals surface area (Å²) in [5.41, 5.74) is 0.190. The maximum absolute atomic E-state index is 13.0. The normalized spacial score (nSPS) is 26.0. The van der Waals surface area contributed by atoms with E-state index in [-0.39, 0.29) is 16.2 Å². The first-order valence-electron chi connectivity index (χ1n) is 8.10. The smallest absolute Gasteiger partial charge is 0.244 e. The lowest BCUT2D eigenvalue weighted by molar-refractivity contribution is -0.126. The molecule has 2 aliphatic heterocycles. The first-order chi connectivity index (χ1) is 10.7. The molecular weight excluding hydrogens is 312 g/mol. The zero-order valence-corrected chi connectivity index (χ0v) is 14.7. The van der Waals surface area contributed by atoms with Crippen LogP contribution < -0.4 is 5.32 Å². The van der Waals surface area contributed by atoms with Crippen LogP contribution in [0, 0.1) is 0 Å². The summed E-state index contributed by atoms with van der Waals surface area (Å²) in [5, 5.41) is 2.79. The van der Waals surface area contributed by atoms with Crippen LogP contribution in [0.15, 0.2) is 29.2 Å². The van der Waals surface area contributed by atoms with Crippen molar-refractivity contribution in [3.63, 3.8) is 0 Å². The third kappa shape index (κ3) is 2.58. The van der Waals surface area contributed by atoms with E-state index in [0.717, 1.165) is 12.0 Å². The lowest BCUT2D eigenvalue weighted by Gasteiger charge is -2.31. The van der Waals surface area contributed by atoms with Crippen molar-refractivity contribution < 1.29 is 13.2 Å². The number of benzene rings is 1. The first kappa shape index (κ1) is 16.5. The van der Waals surface area contributed by atoms with Gasteiger partial charge in [0.1, 0.15) is 5.54 Å². The standard InChI is InChI=1S/C17H24N2O3S/c1-16(2,3)13-5-7-14(8-6-13)23(21,22)19-12-4-9-17(19)10-11-18-15(17)20/h5-8H,4,9-12H2,1-3H3,(H,18,20). The zero-order chi connectivity index (χ0) is 16.9. The highest BCUT2D eigenvalue weighted by atomic mass is 32.2. The van der Waals surface area contributed by atoms with Crippen molar-refractivity contribution in [2.45, 2.75) is 55.9 Å². The van der Waals surface area contributed by atoms with Gasteiger partial charge in [-0.3, -0.25) is 4.79 Å². The van der Waals surface area contributed by atoms with Gasteiger partial charge in [0.2, 0.25) is 15.9 Å². The Labute approximate surface area is 138 Å². The molecule has 1 atom stereocenters. The summed E-state index contributed by atoms with van der Waals surface area (Å²) in [5.74, 6) is -0.148. The molecule has 1 unspecified atom stereocenters.